The fourth-order valence-corrected chi connectivity index (χ4v) is 1.92. The molecule has 0 bridgehead atoms. The third-order valence-corrected chi connectivity index (χ3v) is 2.87. The van der Waals surface area contributed by atoms with Crippen LogP contribution < -0.4 is 0 Å². The van der Waals surface area contributed by atoms with Crippen molar-refractivity contribution in [1.29, 1.82) is 0 Å². The second-order valence-electron chi connectivity index (χ2n) is 3.37. The molecule has 0 spiro atoms. The lowest BCUT2D eigenvalue weighted by Gasteiger charge is -2.06. The zero-order valence-electron chi connectivity index (χ0n) is 7.76. The number of aryl methyl sites for hydroxylation is 2. The van der Waals surface area contributed by atoms with E-state index in [0.717, 1.165) is 16.0 Å². The van der Waals surface area contributed by atoms with Crippen molar-refractivity contribution in [3.8, 4) is 0 Å². The summed E-state index contributed by atoms with van der Waals surface area (Å²) in [6.45, 7) is 4.16. The van der Waals surface area contributed by atoms with Crippen molar-refractivity contribution in [1.82, 2.24) is 0 Å². The van der Waals surface area contributed by atoms with Gasteiger partial charge < -0.3 is 0 Å². The molecule has 0 N–H and O–H groups in total. The fraction of sp³-hybridized carbons (Fsp3) is 0.167. The van der Waals surface area contributed by atoms with Crippen molar-refractivity contribution in [2.45, 2.75) is 13.8 Å². The third kappa shape index (κ3) is 1.31. The first-order valence-electron chi connectivity index (χ1n) is 4.34. The van der Waals surface area contributed by atoms with E-state index < -0.39 is 0 Å². The minimum Gasteiger partial charge on any atom is -0.0834 e. The highest BCUT2D eigenvalue weighted by Gasteiger charge is 2.03. The van der Waals surface area contributed by atoms with Gasteiger partial charge in [0.05, 0.1) is 5.02 Å². The van der Waals surface area contributed by atoms with Crippen LogP contribution in [-0.4, -0.2) is 0 Å². The monoisotopic (exact) mass is 190 g/mol. The van der Waals surface area contributed by atoms with Crippen molar-refractivity contribution in [3.05, 3.63) is 46.5 Å². The summed E-state index contributed by atoms with van der Waals surface area (Å²) in [7, 11) is 0. The molecule has 0 radical (unpaired) electrons. The Bertz CT molecular complexity index is 458. The van der Waals surface area contributed by atoms with Gasteiger partial charge >= 0.3 is 0 Å². The molecule has 0 amide bonds. The largest absolute Gasteiger partial charge is 0.0834 e. The lowest BCUT2D eigenvalue weighted by molar-refractivity contribution is 1.43. The summed E-state index contributed by atoms with van der Waals surface area (Å²) < 4.78 is 0. The maximum Gasteiger partial charge on any atom is 0.0513 e. The van der Waals surface area contributed by atoms with Crippen molar-refractivity contribution < 1.29 is 0 Å². The first-order valence-corrected chi connectivity index (χ1v) is 4.72. The molecule has 1 heteroatoms. The van der Waals surface area contributed by atoms with Crippen molar-refractivity contribution in [2.24, 2.45) is 0 Å². The van der Waals surface area contributed by atoms with Gasteiger partial charge in [-0.2, -0.15) is 0 Å². The highest BCUT2D eigenvalue weighted by molar-refractivity contribution is 6.36. The molecule has 0 saturated heterocycles. The molecule has 2 aromatic carbocycles. The number of fused-ring (bicyclic) bond motifs is 1. The van der Waals surface area contributed by atoms with Gasteiger partial charge in [0, 0.05) is 5.39 Å². The van der Waals surface area contributed by atoms with Crippen LogP contribution in [0.5, 0.6) is 0 Å². The number of rotatable bonds is 0. The normalized spacial score (nSPS) is 10.7. The fourth-order valence-electron chi connectivity index (χ4n) is 1.70. The molecule has 66 valence electrons. The Balaban J connectivity index is 2.97. The molecule has 0 aliphatic carbocycles. The zero-order chi connectivity index (χ0) is 9.42. The second-order valence-corrected chi connectivity index (χ2v) is 3.75. The molecular formula is C12H11Cl. The van der Waals surface area contributed by atoms with Gasteiger partial charge in [-0.25, -0.2) is 0 Å². The van der Waals surface area contributed by atoms with Crippen LogP contribution >= 0.6 is 11.6 Å². The van der Waals surface area contributed by atoms with E-state index in [1.807, 2.05) is 19.1 Å². The summed E-state index contributed by atoms with van der Waals surface area (Å²) in [4.78, 5) is 0. The van der Waals surface area contributed by atoms with E-state index in [1.165, 1.54) is 10.9 Å². The summed E-state index contributed by atoms with van der Waals surface area (Å²) in [5.41, 5.74) is 2.44. The zero-order valence-corrected chi connectivity index (χ0v) is 8.52. The first kappa shape index (κ1) is 8.58. The first-order chi connectivity index (χ1) is 6.20. The van der Waals surface area contributed by atoms with Crippen LogP contribution in [-0.2, 0) is 0 Å². The second kappa shape index (κ2) is 3.04. The molecule has 0 unspecified atom stereocenters. The smallest absolute Gasteiger partial charge is 0.0513 e. The number of hydrogen-bond donors (Lipinski definition) is 0. The van der Waals surface area contributed by atoms with E-state index in [4.69, 9.17) is 11.6 Å². The van der Waals surface area contributed by atoms with Crippen LogP contribution in [0.3, 0.4) is 0 Å². The predicted molar refractivity (Wildman–Crippen MR) is 58.4 cm³/mol. The Kier molecular flexibility index (Phi) is 2.01. The van der Waals surface area contributed by atoms with Crippen molar-refractivity contribution in [2.75, 3.05) is 0 Å². The summed E-state index contributed by atoms with van der Waals surface area (Å²) in [5.74, 6) is 0. The van der Waals surface area contributed by atoms with Crippen molar-refractivity contribution >= 4 is 22.4 Å². The Morgan fingerprint density at radius 1 is 0.923 bits per heavy atom. The summed E-state index contributed by atoms with van der Waals surface area (Å²) in [6.07, 6.45) is 0. The Morgan fingerprint density at radius 2 is 1.54 bits per heavy atom. The number of halogens is 1. The van der Waals surface area contributed by atoms with Gasteiger partial charge in [-0.1, -0.05) is 41.9 Å². The maximum atomic E-state index is 6.20. The predicted octanol–water partition coefficient (Wildman–Crippen LogP) is 4.11. The molecule has 2 rings (SSSR count). The molecule has 13 heavy (non-hydrogen) atoms. The molecule has 0 nitrogen and oxygen atoms in total. The summed E-state index contributed by atoms with van der Waals surface area (Å²) >= 11 is 6.20. The van der Waals surface area contributed by atoms with Crippen LogP contribution in [0, 0.1) is 13.8 Å². The molecule has 0 aromatic heterocycles. The van der Waals surface area contributed by atoms with E-state index in [-0.39, 0.29) is 0 Å². The lowest BCUT2D eigenvalue weighted by atomic mass is 10.0. The highest BCUT2D eigenvalue weighted by atomic mass is 35.5. The van der Waals surface area contributed by atoms with Gasteiger partial charge in [0.2, 0.25) is 0 Å². The average Bonchev–Trinajstić information content (AvgIpc) is 2.15. The number of benzene rings is 2. The van der Waals surface area contributed by atoms with Crippen LogP contribution in [0.15, 0.2) is 30.3 Å². The molecular weight excluding hydrogens is 180 g/mol. The Morgan fingerprint density at radius 3 is 2.23 bits per heavy atom. The molecule has 0 heterocycles. The van der Waals surface area contributed by atoms with Gasteiger partial charge in [0.15, 0.2) is 0 Å². The van der Waals surface area contributed by atoms with Crippen molar-refractivity contribution in [3.63, 3.8) is 0 Å². The quantitative estimate of drug-likeness (QED) is 0.587. The van der Waals surface area contributed by atoms with Crippen LogP contribution in [0.2, 0.25) is 5.02 Å². The molecule has 0 saturated carbocycles. The van der Waals surface area contributed by atoms with Crippen LogP contribution in [0.1, 0.15) is 11.1 Å². The number of hydrogen-bond acceptors (Lipinski definition) is 0. The standard InChI is InChI=1S/C12H11Cl/c1-8-7-9(2)12(13)11-6-4-3-5-10(8)11/h3-7H,1-2H3. The topological polar surface area (TPSA) is 0 Å². The van der Waals surface area contributed by atoms with E-state index in [1.54, 1.807) is 0 Å². The van der Waals surface area contributed by atoms with E-state index in [9.17, 15) is 0 Å². The average molecular weight is 191 g/mol. The lowest BCUT2D eigenvalue weighted by Crippen LogP contribution is -1.83. The maximum absolute atomic E-state index is 6.20. The summed E-state index contributed by atoms with van der Waals surface area (Å²) in [5, 5.41) is 3.28. The van der Waals surface area contributed by atoms with Crippen LogP contribution in [0.25, 0.3) is 10.8 Å². The van der Waals surface area contributed by atoms with E-state index in [2.05, 4.69) is 25.1 Å². The van der Waals surface area contributed by atoms with Gasteiger partial charge in [-0.3, -0.25) is 0 Å². The molecule has 0 fully saturated rings. The molecule has 0 aliphatic rings. The van der Waals surface area contributed by atoms with E-state index >= 15 is 0 Å². The van der Waals surface area contributed by atoms with Crippen LogP contribution in [0.4, 0.5) is 0 Å². The van der Waals surface area contributed by atoms with E-state index in [0.29, 0.717) is 0 Å². The molecule has 0 atom stereocenters. The minimum absolute atomic E-state index is 0.876. The third-order valence-electron chi connectivity index (χ3n) is 2.37. The van der Waals surface area contributed by atoms with Gasteiger partial charge in [0.25, 0.3) is 0 Å². The SMILES string of the molecule is Cc1cc(C)c2ccccc2c1Cl. The van der Waals surface area contributed by atoms with Gasteiger partial charge in [-0.15, -0.1) is 0 Å². The summed E-state index contributed by atoms with van der Waals surface area (Å²) in [6, 6.07) is 10.4. The Hall–Kier alpha value is -1.01. The highest BCUT2D eigenvalue weighted by Crippen LogP contribution is 2.29. The van der Waals surface area contributed by atoms with Gasteiger partial charge in [0.1, 0.15) is 0 Å². The molecule has 2 aromatic rings. The Labute approximate surface area is 83.1 Å². The molecule has 0 aliphatic heterocycles. The van der Waals surface area contributed by atoms with Gasteiger partial charge in [-0.05, 0) is 30.4 Å². The minimum atomic E-state index is 0.876.